The molecule has 0 heterocycles. The van der Waals surface area contributed by atoms with Crippen LogP contribution in [0.3, 0.4) is 0 Å². The SMILES string of the molecule is CN=C(NCCNc1ccc([N+](=O)[O-])cc1)N(C)Cc1ccc(OC)cc1OC.I. The van der Waals surface area contributed by atoms with Gasteiger partial charge in [-0.2, -0.15) is 0 Å². The number of halogens is 1. The third kappa shape index (κ3) is 7.25. The van der Waals surface area contributed by atoms with Crippen LogP contribution >= 0.6 is 24.0 Å². The number of anilines is 1. The van der Waals surface area contributed by atoms with Crippen LogP contribution in [-0.4, -0.2) is 57.2 Å². The van der Waals surface area contributed by atoms with E-state index in [0.717, 1.165) is 28.7 Å². The number of hydrogen-bond acceptors (Lipinski definition) is 6. The summed E-state index contributed by atoms with van der Waals surface area (Å²) in [5, 5.41) is 17.2. The molecule has 0 aliphatic heterocycles. The zero-order valence-electron chi connectivity index (χ0n) is 17.5. The molecule has 0 aliphatic carbocycles. The van der Waals surface area contributed by atoms with Crippen LogP contribution in [0.2, 0.25) is 0 Å². The molecule has 0 fully saturated rings. The zero-order valence-corrected chi connectivity index (χ0v) is 19.9. The average Bonchev–Trinajstić information content (AvgIpc) is 2.74. The highest BCUT2D eigenvalue weighted by Crippen LogP contribution is 2.25. The van der Waals surface area contributed by atoms with Crippen molar-refractivity contribution in [2.45, 2.75) is 6.54 Å². The van der Waals surface area contributed by atoms with Crippen LogP contribution in [0.5, 0.6) is 11.5 Å². The molecule has 2 aromatic rings. The summed E-state index contributed by atoms with van der Waals surface area (Å²) in [6.45, 7) is 1.88. The number of guanidine groups is 1. The van der Waals surface area contributed by atoms with Gasteiger partial charge in [0.1, 0.15) is 11.5 Å². The van der Waals surface area contributed by atoms with Crippen molar-refractivity contribution in [2.24, 2.45) is 4.99 Å². The Balaban J connectivity index is 0.00000450. The van der Waals surface area contributed by atoms with E-state index in [0.29, 0.717) is 19.6 Å². The molecule has 30 heavy (non-hydrogen) atoms. The lowest BCUT2D eigenvalue weighted by molar-refractivity contribution is -0.384. The Bertz CT molecular complexity index is 846. The molecule has 10 heteroatoms. The summed E-state index contributed by atoms with van der Waals surface area (Å²) in [6.07, 6.45) is 0. The third-order valence-electron chi connectivity index (χ3n) is 4.29. The van der Waals surface area contributed by atoms with E-state index >= 15 is 0 Å². The Morgan fingerprint density at radius 2 is 1.83 bits per heavy atom. The lowest BCUT2D eigenvalue weighted by Gasteiger charge is -2.23. The first-order valence-corrected chi connectivity index (χ1v) is 9.09. The van der Waals surface area contributed by atoms with Gasteiger partial charge in [0.15, 0.2) is 5.96 Å². The Labute approximate surface area is 193 Å². The van der Waals surface area contributed by atoms with E-state index in [4.69, 9.17) is 9.47 Å². The van der Waals surface area contributed by atoms with Crippen LogP contribution in [0.25, 0.3) is 0 Å². The first-order valence-electron chi connectivity index (χ1n) is 9.09. The quantitative estimate of drug-likeness (QED) is 0.128. The van der Waals surface area contributed by atoms with Gasteiger partial charge in [-0.25, -0.2) is 0 Å². The summed E-state index contributed by atoms with van der Waals surface area (Å²) in [7, 11) is 6.93. The van der Waals surface area contributed by atoms with Gasteiger partial charge in [0, 0.05) is 63.2 Å². The molecule has 0 atom stereocenters. The number of aliphatic imine (C=N–C) groups is 1. The number of nitrogens with zero attached hydrogens (tertiary/aromatic N) is 3. The highest BCUT2D eigenvalue weighted by molar-refractivity contribution is 14.0. The average molecular weight is 529 g/mol. The Morgan fingerprint density at radius 1 is 1.13 bits per heavy atom. The van der Waals surface area contributed by atoms with Crippen molar-refractivity contribution >= 4 is 41.3 Å². The van der Waals surface area contributed by atoms with E-state index in [1.54, 1.807) is 33.4 Å². The number of nitrogens with one attached hydrogen (secondary N) is 2. The summed E-state index contributed by atoms with van der Waals surface area (Å²) in [5.41, 5.74) is 1.91. The molecule has 0 unspecified atom stereocenters. The minimum Gasteiger partial charge on any atom is -0.497 e. The number of methoxy groups -OCH3 is 2. The molecule has 0 radical (unpaired) electrons. The van der Waals surface area contributed by atoms with E-state index < -0.39 is 4.92 Å². The zero-order chi connectivity index (χ0) is 21.2. The summed E-state index contributed by atoms with van der Waals surface area (Å²) < 4.78 is 10.7. The van der Waals surface area contributed by atoms with Gasteiger partial charge < -0.3 is 25.0 Å². The van der Waals surface area contributed by atoms with E-state index in [-0.39, 0.29) is 29.7 Å². The highest BCUT2D eigenvalue weighted by Gasteiger charge is 2.11. The predicted octanol–water partition coefficient (Wildman–Crippen LogP) is 3.35. The topological polar surface area (TPSA) is 101 Å². The van der Waals surface area contributed by atoms with Crippen LogP contribution < -0.4 is 20.1 Å². The van der Waals surface area contributed by atoms with Crippen molar-refractivity contribution in [3.05, 3.63) is 58.1 Å². The lowest BCUT2D eigenvalue weighted by atomic mass is 10.2. The number of non-ortho nitro benzene ring substituents is 1. The van der Waals surface area contributed by atoms with Crippen molar-refractivity contribution in [1.29, 1.82) is 0 Å². The number of nitro groups is 1. The molecule has 0 aliphatic rings. The van der Waals surface area contributed by atoms with E-state index in [1.165, 1.54) is 12.1 Å². The van der Waals surface area contributed by atoms with Gasteiger partial charge in [-0.15, -0.1) is 24.0 Å². The molecule has 2 aromatic carbocycles. The smallest absolute Gasteiger partial charge is 0.269 e. The van der Waals surface area contributed by atoms with Gasteiger partial charge in [-0.1, -0.05) is 0 Å². The molecule has 9 nitrogen and oxygen atoms in total. The maximum Gasteiger partial charge on any atom is 0.269 e. The van der Waals surface area contributed by atoms with Crippen molar-refractivity contribution in [2.75, 3.05) is 46.7 Å². The number of hydrogen-bond donors (Lipinski definition) is 2. The van der Waals surface area contributed by atoms with Gasteiger partial charge in [0.05, 0.1) is 19.1 Å². The minimum atomic E-state index is -0.414. The van der Waals surface area contributed by atoms with Crippen molar-refractivity contribution in [3.63, 3.8) is 0 Å². The van der Waals surface area contributed by atoms with Crippen molar-refractivity contribution in [1.82, 2.24) is 10.2 Å². The first-order chi connectivity index (χ1) is 14.0. The van der Waals surface area contributed by atoms with Crippen LogP contribution in [0.4, 0.5) is 11.4 Å². The van der Waals surface area contributed by atoms with Gasteiger partial charge in [-0.3, -0.25) is 15.1 Å². The van der Waals surface area contributed by atoms with E-state index in [2.05, 4.69) is 15.6 Å². The second-order valence-corrected chi connectivity index (χ2v) is 6.24. The fraction of sp³-hybridized carbons (Fsp3) is 0.350. The summed E-state index contributed by atoms with van der Waals surface area (Å²) >= 11 is 0. The third-order valence-corrected chi connectivity index (χ3v) is 4.29. The molecule has 0 amide bonds. The van der Waals surface area contributed by atoms with Crippen LogP contribution in [-0.2, 0) is 6.54 Å². The largest absolute Gasteiger partial charge is 0.497 e. The van der Waals surface area contributed by atoms with Crippen LogP contribution in [0.15, 0.2) is 47.5 Å². The number of rotatable bonds is 9. The lowest BCUT2D eigenvalue weighted by Crippen LogP contribution is -2.40. The maximum absolute atomic E-state index is 10.7. The van der Waals surface area contributed by atoms with Crippen molar-refractivity contribution in [3.8, 4) is 11.5 Å². The summed E-state index contributed by atoms with van der Waals surface area (Å²) in [4.78, 5) is 16.6. The standard InChI is InChI=1S/C20H27N5O4.HI/c1-21-20(23-12-11-22-16-6-8-17(9-7-16)25(26)27)24(2)14-15-5-10-18(28-3)13-19(15)29-4;/h5-10,13,22H,11-12,14H2,1-4H3,(H,21,23);1H. The molecule has 0 aromatic heterocycles. The molecule has 2 N–H and O–H groups in total. The molecule has 0 bridgehead atoms. The second-order valence-electron chi connectivity index (χ2n) is 6.24. The fourth-order valence-electron chi connectivity index (χ4n) is 2.78. The van der Waals surface area contributed by atoms with Crippen molar-refractivity contribution < 1.29 is 14.4 Å². The number of nitro benzene ring substituents is 1. The summed E-state index contributed by atoms with van der Waals surface area (Å²) in [6, 6.07) is 12.1. The minimum absolute atomic E-state index is 0. The predicted molar refractivity (Wildman–Crippen MR) is 129 cm³/mol. The van der Waals surface area contributed by atoms with Gasteiger partial charge in [0.25, 0.3) is 5.69 Å². The Morgan fingerprint density at radius 3 is 2.40 bits per heavy atom. The molecular weight excluding hydrogens is 501 g/mol. The number of benzene rings is 2. The maximum atomic E-state index is 10.7. The molecule has 164 valence electrons. The van der Waals surface area contributed by atoms with E-state index in [1.807, 2.05) is 30.1 Å². The Kier molecular flexibility index (Phi) is 10.7. The summed E-state index contributed by atoms with van der Waals surface area (Å²) in [5.74, 6) is 2.24. The Hall–Kier alpha value is -2.76. The highest BCUT2D eigenvalue weighted by atomic mass is 127. The number of ether oxygens (including phenoxy) is 2. The second kappa shape index (κ2) is 12.7. The molecule has 2 rings (SSSR count). The van der Waals surface area contributed by atoms with Gasteiger partial charge in [0.2, 0.25) is 0 Å². The van der Waals surface area contributed by atoms with Crippen LogP contribution in [0.1, 0.15) is 5.56 Å². The molecule has 0 saturated carbocycles. The molecule has 0 spiro atoms. The van der Waals surface area contributed by atoms with Gasteiger partial charge in [-0.05, 0) is 24.3 Å². The molecule has 0 saturated heterocycles. The fourth-order valence-corrected chi connectivity index (χ4v) is 2.78. The molecular formula is C20H28IN5O4. The van der Waals surface area contributed by atoms with Crippen LogP contribution in [0, 0.1) is 10.1 Å². The first kappa shape index (κ1) is 25.3. The van der Waals surface area contributed by atoms with Gasteiger partial charge >= 0.3 is 0 Å². The monoisotopic (exact) mass is 529 g/mol. The normalized spacial score (nSPS) is 10.6. The van der Waals surface area contributed by atoms with E-state index in [9.17, 15) is 10.1 Å².